The predicted molar refractivity (Wildman–Crippen MR) is 77.6 cm³/mol. The lowest BCUT2D eigenvalue weighted by molar-refractivity contribution is 0.720. The second kappa shape index (κ2) is 5.87. The lowest BCUT2D eigenvalue weighted by Gasteiger charge is -2.24. The summed E-state index contributed by atoms with van der Waals surface area (Å²) in [5.41, 5.74) is 5.74. The molecule has 0 spiro atoms. The zero-order chi connectivity index (χ0) is 13.8. The topological polar surface area (TPSA) is 85.8 Å². The molecule has 0 aromatic carbocycles. The van der Waals surface area contributed by atoms with Crippen molar-refractivity contribution in [3.8, 4) is 5.95 Å². The number of nitrogens with two attached hydrogens (primary N) is 1. The maximum absolute atomic E-state index is 5.74. The fraction of sp³-hybridized carbons (Fsp3) is 0.455. The first-order valence-corrected chi connectivity index (χ1v) is 7.24. The highest BCUT2D eigenvalue weighted by molar-refractivity contribution is 7.98. The largest absolute Gasteiger partial charge is 0.368 e. The highest BCUT2D eigenvalue weighted by atomic mass is 32.2. The van der Waals surface area contributed by atoms with Gasteiger partial charge in [-0.25, -0.2) is 4.68 Å². The van der Waals surface area contributed by atoms with Gasteiger partial charge in [0.05, 0.1) is 0 Å². The van der Waals surface area contributed by atoms with Crippen LogP contribution >= 0.6 is 11.8 Å². The lowest BCUT2D eigenvalue weighted by atomic mass is 10.3. The van der Waals surface area contributed by atoms with E-state index in [4.69, 9.17) is 5.73 Å². The maximum Gasteiger partial charge on any atom is 0.257 e. The van der Waals surface area contributed by atoms with Gasteiger partial charge in [0.2, 0.25) is 11.9 Å². The van der Waals surface area contributed by atoms with Gasteiger partial charge in [0.1, 0.15) is 0 Å². The van der Waals surface area contributed by atoms with E-state index in [9.17, 15) is 0 Å². The molecular formula is C11H17N7S. The number of rotatable bonds is 5. The molecule has 102 valence electrons. The fourth-order valence-corrected chi connectivity index (χ4v) is 2.27. The Hall–Kier alpha value is -1.83. The van der Waals surface area contributed by atoms with Gasteiger partial charge in [-0.15, -0.1) is 0 Å². The Morgan fingerprint density at radius 2 is 2.21 bits per heavy atom. The second-order valence-corrected chi connectivity index (χ2v) is 5.07. The Balaban J connectivity index is 2.31. The molecule has 2 heterocycles. The summed E-state index contributed by atoms with van der Waals surface area (Å²) in [7, 11) is 1.95. The maximum atomic E-state index is 5.74. The van der Waals surface area contributed by atoms with E-state index < -0.39 is 0 Å². The van der Waals surface area contributed by atoms with Gasteiger partial charge in [0.15, 0.2) is 0 Å². The second-order valence-electron chi connectivity index (χ2n) is 4.16. The quantitative estimate of drug-likeness (QED) is 0.867. The molecular weight excluding hydrogens is 262 g/mol. The molecule has 7 nitrogen and oxygen atoms in total. The fourth-order valence-electron chi connectivity index (χ4n) is 1.57. The molecule has 0 fully saturated rings. The Labute approximate surface area is 116 Å². The van der Waals surface area contributed by atoms with Crippen LogP contribution in [0, 0.1) is 0 Å². The standard InChI is InChI=1S/C11H17N7S/c1-8(7-19-3)17(2)10-14-9(12)15-11(16-10)18-6-4-5-13-18/h4-6,8H,7H2,1-3H3,(H2,12,14,15,16). The zero-order valence-corrected chi connectivity index (χ0v) is 12.0. The molecule has 0 aliphatic carbocycles. The number of hydrogen-bond donors (Lipinski definition) is 1. The number of thioether (sulfide) groups is 1. The normalized spacial score (nSPS) is 12.4. The van der Waals surface area contributed by atoms with Crippen LogP contribution in [0.3, 0.4) is 0 Å². The Bertz CT molecular complexity index is 528. The van der Waals surface area contributed by atoms with Gasteiger partial charge < -0.3 is 10.6 Å². The van der Waals surface area contributed by atoms with Gasteiger partial charge in [0, 0.05) is 31.2 Å². The Morgan fingerprint density at radius 3 is 2.84 bits per heavy atom. The molecule has 2 rings (SSSR count). The summed E-state index contributed by atoms with van der Waals surface area (Å²) in [6, 6.07) is 2.11. The van der Waals surface area contributed by atoms with Crippen LogP contribution in [0.25, 0.3) is 5.95 Å². The first-order valence-electron chi connectivity index (χ1n) is 5.85. The van der Waals surface area contributed by atoms with Gasteiger partial charge in [-0.3, -0.25) is 0 Å². The van der Waals surface area contributed by atoms with Gasteiger partial charge in [0.25, 0.3) is 5.95 Å². The minimum atomic E-state index is 0.193. The van der Waals surface area contributed by atoms with E-state index in [1.165, 1.54) is 0 Å². The molecule has 8 heteroatoms. The Kier molecular flexibility index (Phi) is 4.20. The Morgan fingerprint density at radius 1 is 1.42 bits per heavy atom. The van der Waals surface area contributed by atoms with Crippen molar-refractivity contribution in [1.29, 1.82) is 0 Å². The number of nitrogen functional groups attached to an aromatic ring is 1. The summed E-state index contributed by atoms with van der Waals surface area (Å²) in [5.74, 6) is 2.16. The third-order valence-electron chi connectivity index (χ3n) is 2.72. The van der Waals surface area contributed by atoms with Crippen molar-refractivity contribution < 1.29 is 0 Å². The van der Waals surface area contributed by atoms with E-state index in [0.29, 0.717) is 17.9 Å². The van der Waals surface area contributed by atoms with Crippen molar-refractivity contribution in [3.63, 3.8) is 0 Å². The molecule has 2 aromatic rings. The SMILES string of the molecule is CSCC(C)N(C)c1nc(N)nc(-n2cccn2)n1. The van der Waals surface area contributed by atoms with Crippen LogP contribution in [0.2, 0.25) is 0 Å². The molecule has 0 radical (unpaired) electrons. The van der Waals surface area contributed by atoms with Crippen LogP contribution in [0.15, 0.2) is 18.5 Å². The monoisotopic (exact) mass is 279 g/mol. The van der Waals surface area contributed by atoms with E-state index in [1.807, 2.05) is 11.9 Å². The molecule has 0 saturated carbocycles. The average Bonchev–Trinajstić information content (AvgIpc) is 2.91. The highest BCUT2D eigenvalue weighted by Gasteiger charge is 2.15. The summed E-state index contributed by atoms with van der Waals surface area (Å²) in [4.78, 5) is 14.6. The van der Waals surface area contributed by atoms with Crippen molar-refractivity contribution >= 4 is 23.7 Å². The summed E-state index contributed by atoms with van der Waals surface area (Å²) in [6.45, 7) is 2.12. The van der Waals surface area contributed by atoms with Gasteiger partial charge >= 0.3 is 0 Å². The number of nitrogens with zero attached hydrogens (tertiary/aromatic N) is 6. The molecule has 0 aliphatic rings. The van der Waals surface area contributed by atoms with Gasteiger partial charge in [-0.2, -0.15) is 31.8 Å². The molecule has 0 aliphatic heterocycles. The number of hydrogen-bond acceptors (Lipinski definition) is 7. The van der Waals surface area contributed by atoms with Crippen molar-refractivity contribution in [2.75, 3.05) is 29.7 Å². The number of aromatic nitrogens is 5. The predicted octanol–water partition coefficient (Wildman–Crippen LogP) is 0.827. The van der Waals surface area contributed by atoms with Crippen molar-refractivity contribution in [3.05, 3.63) is 18.5 Å². The first-order chi connectivity index (χ1) is 9.11. The average molecular weight is 279 g/mol. The minimum absolute atomic E-state index is 0.193. The summed E-state index contributed by atoms with van der Waals surface area (Å²) >= 11 is 1.78. The van der Waals surface area contributed by atoms with Crippen molar-refractivity contribution in [1.82, 2.24) is 24.7 Å². The highest BCUT2D eigenvalue weighted by Crippen LogP contribution is 2.14. The number of anilines is 2. The van der Waals surface area contributed by atoms with E-state index in [2.05, 4.69) is 33.2 Å². The van der Waals surface area contributed by atoms with Crippen molar-refractivity contribution in [2.24, 2.45) is 0 Å². The summed E-state index contributed by atoms with van der Waals surface area (Å²) < 4.78 is 1.56. The van der Waals surface area contributed by atoms with E-state index in [1.54, 1.807) is 34.9 Å². The van der Waals surface area contributed by atoms with Crippen LogP contribution in [0.5, 0.6) is 0 Å². The molecule has 1 unspecified atom stereocenters. The van der Waals surface area contributed by atoms with Crippen LogP contribution in [-0.2, 0) is 0 Å². The van der Waals surface area contributed by atoms with Crippen LogP contribution in [0.4, 0.5) is 11.9 Å². The summed E-state index contributed by atoms with van der Waals surface area (Å²) in [6.07, 6.45) is 5.50. The molecule has 1 atom stereocenters. The molecule has 2 aromatic heterocycles. The molecule has 2 N–H and O–H groups in total. The van der Waals surface area contributed by atoms with E-state index in [0.717, 1.165) is 5.75 Å². The van der Waals surface area contributed by atoms with E-state index in [-0.39, 0.29) is 5.95 Å². The lowest BCUT2D eigenvalue weighted by Crippen LogP contribution is -2.33. The smallest absolute Gasteiger partial charge is 0.257 e. The molecule has 19 heavy (non-hydrogen) atoms. The van der Waals surface area contributed by atoms with Gasteiger partial charge in [-0.1, -0.05) is 0 Å². The third-order valence-corrected chi connectivity index (χ3v) is 3.54. The van der Waals surface area contributed by atoms with Crippen LogP contribution in [-0.4, -0.2) is 49.8 Å². The van der Waals surface area contributed by atoms with Crippen LogP contribution < -0.4 is 10.6 Å². The molecule has 0 bridgehead atoms. The van der Waals surface area contributed by atoms with E-state index >= 15 is 0 Å². The molecule has 0 saturated heterocycles. The minimum Gasteiger partial charge on any atom is -0.368 e. The zero-order valence-electron chi connectivity index (χ0n) is 11.2. The van der Waals surface area contributed by atoms with Crippen LogP contribution in [0.1, 0.15) is 6.92 Å². The van der Waals surface area contributed by atoms with Gasteiger partial charge in [-0.05, 0) is 19.2 Å². The van der Waals surface area contributed by atoms with Crippen molar-refractivity contribution in [2.45, 2.75) is 13.0 Å². The summed E-state index contributed by atoms with van der Waals surface area (Å²) in [5, 5.41) is 4.09. The molecule has 0 amide bonds. The third kappa shape index (κ3) is 3.14. The first kappa shape index (κ1) is 13.6.